The molecule has 0 amide bonds. The number of rotatable bonds is 5. The van der Waals surface area contributed by atoms with E-state index in [0.29, 0.717) is 11.8 Å². The fraction of sp³-hybridized carbons (Fsp3) is 0.312. The zero-order valence-electron chi connectivity index (χ0n) is 22.9. The van der Waals surface area contributed by atoms with Crippen LogP contribution < -0.4 is 0 Å². The molecule has 2 aromatic heterocycles. The number of furan rings is 1. The molecule has 0 aliphatic heterocycles. The van der Waals surface area contributed by atoms with Crippen molar-refractivity contribution in [2.24, 2.45) is 0 Å². The number of fused-ring (bicyclic) bond motifs is 1. The van der Waals surface area contributed by atoms with Crippen LogP contribution in [0, 0.1) is 19.9 Å². The van der Waals surface area contributed by atoms with E-state index in [-0.39, 0.29) is 31.6 Å². The second-order valence-electron chi connectivity index (χ2n) is 9.96. The molecule has 0 spiro atoms. The minimum atomic E-state index is -0.125. The number of aryl methyl sites for hydroxylation is 2. The molecule has 0 atom stereocenters. The van der Waals surface area contributed by atoms with Crippen LogP contribution in [0.1, 0.15) is 75.6 Å². The van der Waals surface area contributed by atoms with Crippen LogP contribution in [0.2, 0.25) is 0 Å². The van der Waals surface area contributed by atoms with Gasteiger partial charge in [-0.05, 0) is 48.6 Å². The Morgan fingerprint density at radius 3 is 2.08 bits per heavy atom. The van der Waals surface area contributed by atoms with Gasteiger partial charge < -0.3 is 9.52 Å². The third-order valence-corrected chi connectivity index (χ3v) is 5.83. The SMILES string of the molecule is CC(=O)/C=C(/C)O.Cc1[c-]c(-c2ccc3oc(-c4c(C(C)C)cccc4C(C)C)cc3n2)cc(C)c1.[Ir]. The van der Waals surface area contributed by atoms with Crippen LogP contribution in [0.5, 0.6) is 0 Å². The molecule has 37 heavy (non-hydrogen) atoms. The van der Waals surface area contributed by atoms with Crippen molar-refractivity contribution in [1.82, 2.24) is 4.98 Å². The Kier molecular flexibility index (Phi) is 10.6. The van der Waals surface area contributed by atoms with Gasteiger partial charge in [-0.25, -0.2) is 0 Å². The van der Waals surface area contributed by atoms with Crippen molar-refractivity contribution in [2.75, 3.05) is 0 Å². The molecule has 0 aliphatic rings. The van der Waals surface area contributed by atoms with E-state index < -0.39 is 0 Å². The third-order valence-electron chi connectivity index (χ3n) is 5.83. The molecule has 4 nitrogen and oxygen atoms in total. The first-order chi connectivity index (χ1) is 17.0. The van der Waals surface area contributed by atoms with Gasteiger partial charge in [-0.2, -0.15) is 0 Å². The Balaban J connectivity index is 0.000000532. The summed E-state index contributed by atoms with van der Waals surface area (Å²) in [4.78, 5) is 14.9. The number of allylic oxidation sites excluding steroid dienone is 2. The number of aliphatic hydroxyl groups is 1. The fourth-order valence-corrected chi connectivity index (χ4v) is 4.36. The summed E-state index contributed by atoms with van der Waals surface area (Å²) in [7, 11) is 0. The van der Waals surface area contributed by atoms with Gasteiger partial charge in [-0.1, -0.05) is 65.8 Å². The fourth-order valence-electron chi connectivity index (χ4n) is 4.36. The van der Waals surface area contributed by atoms with Crippen molar-refractivity contribution in [3.8, 4) is 22.6 Å². The van der Waals surface area contributed by atoms with Crippen molar-refractivity contribution in [2.45, 2.75) is 67.2 Å². The summed E-state index contributed by atoms with van der Waals surface area (Å²) in [5.41, 5.74) is 9.86. The molecule has 0 aliphatic carbocycles. The Morgan fingerprint density at radius 1 is 0.973 bits per heavy atom. The van der Waals surface area contributed by atoms with E-state index in [1.165, 1.54) is 42.2 Å². The number of ketones is 1. The molecule has 0 saturated heterocycles. The first kappa shape index (κ1) is 30.2. The maximum atomic E-state index is 10.0. The Labute approximate surface area is 234 Å². The van der Waals surface area contributed by atoms with E-state index in [9.17, 15) is 4.79 Å². The van der Waals surface area contributed by atoms with Gasteiger partial charge in [0, 0.05) is 37.8 Å². The Morgan fingerprint density at radius 2 is 1.59 bits per heavy atom. The van der Waals surface area contributed by atoms with Crippen LogP contribution >= 0.6 is 0 Å². The van der Waals surface area contributed by atoms with E-state index >= 15 is 0 Å². The first-order valence-electron chi connectivity index (χ1n) is 12.4. The molecule has 1 N–H and O–H groups in total. The zero-order valence-corrected chi connectivity index (χ0v) is 25.3. The molecule has 0 bridgehead atoms. The first-order valence-corrected chi connectivity index (χ1v) is 12.4. The van der Waals surface area contributed by atoms with Gasteiger partial charge in [0.05, 0.1) is 11.3 Å². The molecular weight excluding hydrogens is 639 g/mol. The average molecular weight is 675 g/mol. The van der Waals surface area contributed by atoms with E-state index in [1.54, 1.807) is 0 Å². The molecule has 4 aromatic rings. The number of pyridine rings is 1. The van der Waals surface area contributed by atoms with Crippen LogP contribution in [-0.2, 0) is 24.9 Å². The smallest absolute Gasteiger partial charge is 0.155 e. The summed E-state index contributed by atoms with van der Waals surface area (Å²) < 4.78 is 6.30. The van der Waals surface area contributed by atoms with Gasteiger partial charge in [0.25, 0.3) is 0 Å². The largest absolute Gasteiger partial charge is 0.512 e. The van der Waals surface area contributed by atoms with Crippen LogP contribution in [0.15, 0.2) is 64.8 Å². The van der Waals surface area contributed by atoms with Gasteiger partial charge in [0.15, 0.2) is 11.4 Å². The molecule has 2 aromatic carbocycles. The number of aromatic nitrogens is 1. The summed E-state index contributed by atoms with van der Waals surface area (Å²) in [6, 6.07) is 20.4. The van der Waals surface area contributed by atoms with Crippen molar-refractivity contribution >= 4 is 16.9 Å². The quantitative estimate of drug-likeness (QED) is 0.131. The third kappa shape index (κ3) is 7.74. The van der Waals surface area contributed by atoms with Gasteiger partial charge >= 0.3 is 0 Å². The predicted molar refractivity (Wildman–Crippen MR) is 148 cm³/mol. The van der Waals surface area contributed by atoms with E-state index in [0.717, 1.165) is 33.7 Å². The van der Waals surface area contributed by atoms with Crippen molar-refractivity contribution in [1.29, 1.82) is 0 Å². The Bertz CT molecular complexity index is 1360. The molecule has 0 saturated carbocycles. The molecule has 0 fully saturated rings. The van der Waals surface area contributed by atoms with Crippen LogP contribution in [0.4, 0.5) is 0 Å². The number of carbonyl (C=O) groups excluding carboxylic acids is 1. The Hall–Kier alpha value is -3.01. The van der Waals surface area contributed by atoms with Crippen LogP contribution in [0.3, 0.4) is 0 Å². The predicted octanol–water partition coefficient (Wildman–Crippen LogP) is 8.86. The van der Waals surface area contributed by atoms with Gasteiger partial charge in [-0.15, -0.1) is 34.9 Å². The molecule has 2 heterocycles. The maximum absolute atomic E-state index is 10.0. The van der Waals surface area contributed by atoms with Gasteiger partial charge in [-0.3, -0.25) is 9.78 Å². The average Bonchev–Trinajstić information content (AvgIpc) is 3.20. The summed E-state index contributed by atoms with van der Waals surface area (Å²) in [5.74, 6) is 1.69. The van der Waals surface area contributed by atoms with E-state index in [4.69, 9.17) is 14.5 Å². The van der Waals surface area contributed by atoms with Crippen molar-refractivity contribution in [3.63, 3.8) is 0 Å². The standard InChI is InChI=1S/C27H28NO.C5H8O2.Ir/c1-16(2)21-8-7-9-22(17(3)4)27(21)26-15-24-25(29-26)11-10-23(28-24)20-13-18(5)12-19(6)14-20;1-4(6)3-5(2)7;/h7-13,15-17H,1-6H3;3,6H,1-2H3;/q-1;;/b;4-3-;. The van der Waals surface area contributed by atoms with E-state index in [2.05, 4.69) is 84.0 Å². The molecule has 5 heteroatoms. The molecule has 4 rings (SSSR count). The van der Waals surface area contributed by atoms with Crippen molar-refractivity contribution < 1.29 is 34.4 Å². The van der Waals surface area contributed by atoms with E-state index in [1.807, 2.05) is 12.1 Å². The number of aliphatic hydroxyl groups excluding tert-OH is 1. The summed E-state index contributed by atoms with van der Waals surface area (Å²) in [6.07, 6.45) is 1.17. The molecular formula is C32H36IrNO3-. The minimum Gasteiger partial charge on any atom is -0.512 e. The van der Waals surface area contributed by atoms with Crippen LogP contribution in [0.25, 0.3) is 33.7 Å². The molecule has 0 unspecified atom stereocenters. The number of hydrogen-bond donors (Lipinski definition) is 1. The zero-order chi connectivity index (χ0) is 26.6. The monoisotopic (exact) mass is 675 g/mol. The number of nitrogens with zero attached hydrogens (tertiary/aromatic N) is 1. The normalized spacial score (nSPS) is 11.4. The molecule has 1 radical (unpaired) electrons. The maximum Gasteiger partial charge on any atom is 0.155 e. The number of carbonyl (C=O) groups is 1. The summed E-state index contributed by atoms with van der Waals surface area (Å²) in [5, 5.41) is 8.36. The van der Waals surface area contributed by atoms with Gasteiger partial charge in [0.1, 0.15) is 5.76 Å². The van der Waals surface area contributed by atoms with Crippen LogP contribution in [-0.4, -0.2) is 15.9 Å². The number of hydrogen-bond acceptors (Lipinski definition) is 4. The molecule has 197 valence electrons. The topological polar surface area (TPSA) is 63.3 Å². The summed E-state index contributed by atoms with van der Waals surface area (Å²) in [6.45, 7) is 16.0. The van der Waals surface area contributed by atoms with Crippen molar-refractivity contribution in [3.05, 3.63) is 88.7 Å². The second-order valence-corrected chi connectivity index (χ2v) is 9.96. The number of benzene rings is 2. The summed E-state index contributed by atoms with van der Waals surface area (Å²) >= 11 is 0. The van der Waals surface area contributed by atoms with Gasteiger partial charge in [0.2, 0.25) is 0 Å². The minimum absolute atomic E-state index is 0. The second kappa shape index (κ2) is 13.0.